The van der Waals surface area contributed by atoms with Gasteiger partial charge in [-0.05, 0) is 36.8 Å². The van der Waals surface area contributed by atoms with E-state index in [9.17, 15) is 0 Å². The van der Waals surface area contributed by atoms with E-state index in [-0.39, 0.29) is 0 Å². The summed E-state index contributed by atoms with van der Waals surface area (Å²) < 4.78 is 6.10. The first-order valence-electron chi connectivity index (χ1n) is 5.64. The molecule has 19 heavy (non-hydrogen) atoms. The van der Waals surface area contributed by atoms with Crippen LogP contribution in [-0.2, 0) is 11.3 Å². The predicted molar refractivity (Wildman–Crippen MR) is 79.9 cm³/mol. The van der Waals surface area contributed by atoms with E-state index in [2.05, 4.69) is 31.2 Å². The van der Waals surface area contributed by atoms with Gasteiger partial charge in [-0.25, -0.2) is 9.97 Å². The minimum Gasteiger partial charge on any atom is -0.378 e. The molecule has 0 atom stereocenters. The number of halogens is 2. The minimum atomic E-state index is 0.387. The van der Waals surface area contributed by atoms with E-state index in [1.54, 1.807) is 13.2 Å². The summed E-state index contributed by atoms with van der Waals surface area (Å²) in [7, 11) is 1.61. The number of rotatable bonds is 4. The van der Waals surface area contributed by atoms with E-state index in [1.807, 2.05) is 25.1 Å². The molecule has 0 saturated carbocycles. The molecule has 1 aromatic carbocycles. The topological polar surface area (TPSA) is 47.0 Å². The van der Waals surface area contributed by atoms with Crippen LogP contribution in [0.3, 0.4) is 0 Å². The summed E-state index contributed by atoms with van der Waals surface area (Å²) in [5.41, 5.74) is 2.77. The van der Waals surface area contributed by atoms with Crippen molar-refractivity contribution in [3.8, 4) is 0 Å². The predicted octanol–water partition coefficient (Wildman–Crippen LogP) is 4.09. The Kier molecular flexibility index (Phi) is 4.74. The van der Waals surface area contributed by atoms with Crippen molar-refractivity contribution in [2.45, 2.75) is 13.5 Å². The zero-order valence-electron chi connectivity index (χ0n) is 10.6. The molecule has 2 aromatic rings. The molecule has 0 aliphatic carbocycles. The molecule has 0 saturated heterocycles. The highest BCUT2D eigenvalue weighted by atomic mass is 79.9. The van der Waals surface area contributed by atoms with Crippen LogP contribution in [0.1, 0.15) is 11.3 Å². The number of benzene rings is 1. The lowest BCUT2D eigenvalue weighted by Crippen LogP contribution is -2.01. The van der Waals surface area contributed by atoms with Gasteiger partial charge in [0.2, 0.25) is 5.95 Å². The summed E-state index contributed by atoms with van der Waals surface area (Å²) in [6.07, 6.45) is 0. The first kappa shape index (κ1) is 14.2. The van der Waals surface area contributed by atoms with Gasteiger partial charge in [0.15, 0.2) is 0 Å². The van der Waals surface area contributed by atoms with Crippen molar-refractivity contribution >= 4 is 39.2 Å². The van der Waals surface area contributed by atoms with Crippen LogP contribution in [0.5, 0.6) is 0 Å². The molecular weight excluding hydrogens is 330 g/mol. The van der Waals surface area contributed by atoms with E-state index in [1.165, 1.54) is 0 Å². The molecule has 6 heteroatoms. The normalized spacial score (nSPS) is 10.5. The van der Waals surface area contributed by atoms with Gasteiger partial charge >= 0.3 is 0 Å². The molecule has 100 valence electrons. The SMILES string of the molecule is COCc1cc(Cl)nc(Nc2ccc(Br)c(C)c2)n1. The Balaban J connectivity index is 2.24. The number of hydrogen-bond donors (Lipinski definition) is 1. The summed E-state index contributed by atoms with van der Waals surface area (Å²) in [5, 5.41) is 3.52. The third kappa shape index (κ3) is 3.89. The van der Waals surface area contributed by atoms with Crippen LogP contribution in [0.4, 0.5) is 11.6 Å². The Morgan fingerprint density at radius 3 is 2.79 bits per heavy atom. The van der Waals surface area contributed by atoms with Gasteiger partial charge < -0.3 is 10.1 Å². The van der Waals surface area contributed by atoms with Gasteiger partial charge in [-0.3, -0.25) is 0 Å². The smallest absolute Gasteiger partial charge is 0.228 e. The molecule has 1 aromatic heterocycles. The fraction of sp³-hybridized carbons (Fsp3) is 0.231. The number of nitrogens with one attached hydrogen (secondary N) is 1. The van der Waals surface area contributed by atoms with Crippen LogP contribution in [0.2, 0.25) is 5.15 Å². The molecule has 1 heterocycles. The summed E-state index contributed by atoms with van der Waals surface area (Å²) in [4.78, 5) is 8.47. The van der Waals surface area contributed by atoms with Gasteiger partial charge in [0.25, 0.3) is 0 Å². The molecule has 0 radical (unpaired) electrons. The van der Waals surface area contributed by atoms with Crippen LogP contribution in [-0.4, -0.2) is 17.1 Å². The highest BCUT2D eigenvalue weighted by molar-refractivity contribution is 9.10. The number of ether oxygens (including phenoxy) is 1. The van der Waals surface area contributed by atoms with Crippen molar-refractivity contribution in [3.63, 3.8) is 0 Å². The first-order valence-corrected chi connectivity index (χ1v) is 6.81. The maximum Gasteiger partial charge on any atom is 0.228 e. The largest absolute Gasteiger partial charge is 0.378 e. The second-order valence-electron chi connectivity index (χ2n) is 4.03. The molecule has 0 aliphatic heterocycles. The van der Waals surface area contributed by atoms with Crippen molar-refractivity contribution in [1.29, 1.82) is 0 Å². The number of aromatic nitrogens is 2. The average Bonchev–Trinajstić information content (AvgIpc) is 2.33. The quantitative estimate of drug-likeness (QED) is 0.850. The molecule has 0 aliphatic rings. The zero-order chi connectivity index (χ0) is 13.8. The summed E-state index contributed by atoms with van der Waals surface area (Å²) in [6.45, 7) is 2.42. The third-order valence-electron chi connectivity index (χ3n) is 2.45. The van der Waals surface area contributed by atoms with Crippen LogP contribution >= 0.6 is 27.5 Å². The fourth-order valence-electron chi connectivity index (χ4n) is 1.59. The molecule has 2 rings (SSSR count). The van der Waals surface area contributed by atoms with Crippen LogP contribution in [0.15, 0.2) is 28.7 Å². The highest BCUT2D eigenvalue weighted by Crippen LogP contribution is 2.22. The van der Waals surface area contributed by atoms with Gasteiger partial charge in [-0.15, -0.1) is 0 Å². The highest BCUT2D eigenvalue weighted by Gasteiger charge is 2.04. The molecular formula is C13H13BrClN3O. The van der Waals surface area contributed by atoms with Crippen molar-refractivity contribution < 1.29 is 4.74 Å². The average molecular weight is 343 g/mol. The molecule has 0 spiro atoms. The zero-order valence-corrected chi connectivity index (χ0v) is 12.9. The fourth-order valence-corrected chi connectivity index (χ4v) is 2.05. The van der Waals surface area contributed by atoms with Gasteiger partial charge in [-0.1, -0.05) is 27.5 Å². The Bertz CT molecular complexity index is 592. The minimum absolute atomic E-state index is 0.387. The van der Waals surface area contributed by atoms with Crippen LogP contribution < -0.4 is 5.32 Å². The van der Waals surface area contributed by atoms with Crippen molar-refractivity contribution in [2.24, 2.45) is 0 Å². The lowest BCUT2D eigenvalue weighted by Gasteiger charge is -2.08. The van der Waals surface area contributed by atoms with Crippen molar-refractivity contribution in [3.05, 3.63) is 45.1 Å². The third-order valence-corrected chi connectivity index (χ3v) is 3.54. The molecule has 0 unspecified atom stereocenters. The molecule has 4 nitrogen and oxygen atoms in total. The number of methoxy groups -OCH3 is 1. The van der Waals surface area contributed by atoms with Crippen molar-refractivity contribution in [1.82, 2.24) is 9.97 Å². The van der Waals surface area contributed by atoms with E-state index < -0.39 is 0 Å². The van der Waals surface area contributed by atoms with E-state index in [4.69, 9.17) is 16.3 Å². The number of nitrogens with zero attached hydrogens (tertiary/aromatic N) is 2. The van der Waals surface area contributed by atoms with E-state index in [0.29, 0.717) is 17.7 Å². The van der Waals surface area contributed by atoms with Gasteiger partial charge in [0.1, 0.15) is 5.15 Å². The number of anilines is 2. The Morgan fingerprint density at radius 1 is 1.32 bits per heavy atom. The van der Waals surface area contributed by atoms with Crippen molar-refractivity contribution in [2.75, 3.05) is 12.4 Å². The van der Waals surface area contributed by atoms with E-state index >= 15 is 0 Å². The number of aryl methyl sites for hydroxylation is 1. The first-order chi connectivity index (χ1) is 9.08. The summed E-state index contributed by atoms with van der Waals surface area (Å²) >= 11 is 9.42. The summed E-state index contributed by atoms with van der Waals surface area (Å²) in [6, 6.07) is 7.60. The molecule has 1 N–H and O–H groups in total. The van der Waals surface area contributed by atoms with Crippen LogP contribution in [0, 0.1) is 6.92 Å². The Labute approximate surface area is 125 Å². The summed E-state index contributed by atoms with van der Waals surface area (Å²) in [5.74, 6) is 0.460. The Morgan fingerprint density at radius 2 is 2.11 bits per heavy atom. The van der Waals surface area contributed by atoms with Gasteiger partial charge in [-0.2, -0.15) is 0 Å². The van der Waals surface area contributed by atoms with Gasteiger partial charge in [0.05, 0.1) is 12.3 Å². The molecule has 0 fully saturated rings. The maximum atomic E-state index is 5.95. The van der Waals surface area contributed by atoms with Gasteiger partial charge in [0, 0.05) is 17.3 Å². The van der Waals surface area contributed by atoms with E-state index in [0.717, 1.165) is 21.4 Å². The second-order valence-corrected chi connectivity index (χ2v) is 5.27. The molecule has 0 amide bonds. The lowest BCUT2D eigenvalue weighted by molar-refractivity contribution is 0.181. The lowest BCUT2D eigenvalue weighted by atomic mass is 10.2. The van der Waals surface area contributed by atoms with Crippen LogP contribution in [0.25, 0.3) is 0 Å². The second kappa shape index (κ2) is 6.32. The number of hydrogen-bond acceptors (Lipinski definition) is 4. The standard InChI is InChI=1S/C13H13BrClN3O/c1-8-5-9(3-4-11(8)14)16-13-17-10(7-19-2)6-12(15)18-13/h3-6H,7H2,1-2H3,(H,16,17,18). The maximum absolute atomic E-state index is 5.95. The Hall–Kier alpha value is -1.17. The monoisotopic (exact) mass is 341 g/mol. The molecule has 0 bridgehead atoms.